The van der Waals surface area contributed by atoms with Gasteiger partial charge >= 0.3 is 0 Å². The Hall–Kier alpha value is -3.08. The molecule has 0 aliphatic carbocycles. The van der Waals surface area contributed by atoms with Gasteiger partial charge < -0.3 is 14.9 Å². The first-order chi connectivity index (χ1) is 13.0. The number of aromatic hydroxyl groups is 1. The molecule has 1 aliphatic rings. The van der Waals surface area contributed by atoms with E-state index in [1.54, 1.807) is 23.4 Å². The van der Waals surface area contributed by atoms with Crippen molar-refractivity contribution in [2.75, 3.05) is 20.1 Å². The van der Waals surface area contributed by atoms with Crippen molar-refractivity contribution < 1.29 is 9.90 Å². The second kappa shape index (κ2) is 7.66. The molecule has 1 amide bonds. The van der Waals surface area contributed by atoms with Crippen molar-refractivity contribution in [3.05, 3.63) is 77.5 Å². The number of phenolic OH excluding ortho intramolecular Hbond substituents is 1. The van der Waals surface area contributed by atoms with Crippen LogP contribution in [0.25, 0.3) is 0 Å². The van der Waals surface area contributed by atoms with E-state index in [-0.39, 0.29) is 11.7 Å². The van der Waals surface area contributed by atoms with Crippen LogP contribution >= 0.6 is 0 Å². The number of hydrogen-bond donors (Lipinski definition) is 1. The zero-order valence-corrected chi connectivity index (χ0v) is 16.0. The van der Waals surface area contributed by atoms with Crippen molar-refractivity contribution in [2.24, 2.45) is 4.99 Å². The minimum absolute atomic E-state index is 0.0281. The number of hydrogen-bond acceptors (Lipinski definition) is 4. The molecule has 0 saturated heterocycles. The van der Waals surface area contributed by atoms with Crippen molar-refractivity contribution in [3.8, 4) is 5.75 Å². The van der Waals surface area contributed by atoms with E-state index in [1.165, 1.54) is 0 Å². The summed E-state index contributed by atoms with van der Waals surface area (Å²) >= 11 is 0. The lowest BCUT2D eigenvalue weighted by Crippen LogP contribution is -2.31. The smallest absolute Gasteiger partial charge is 0.253 e. The Labute approximate surface area is 160 Å². The fourth-order valence-corrected chi connectivity index (χ4v) is 3.30. The number of aliphatic imine (C=N–C) groups is 1. The summed E-state index contributed by atoms with van der Waals surface area (Å²) in [5.41, 5.74) is 1.73. The van der Waals surface area contributed by atoms with E-state index in [0.717, 1.165) is 11.1 Å². The monoisotopic (exact) mass is 363 g/mol. The molecule has 1 N–H and O–H groups in total. The van der Waals surface area contributed by atoms with Gasteiger partial charge in [-0.15, -0.1) is 0 Å². The summed E-state index contributed by atoms with van der Waals surface area (Å²) in [5, 5.41) is 9.95. The zero-order chi connectivity index (χ0) is 19.4. The Morgan fingerprint density at radius 2 is 1.81 bits per heavy atom. The minimum Gasteiger partial charge on any atom is -0.508 e. The fourth-order valence-electron chi connectivity index (χ4n) is 3.30. The lowest BCUT2D eigenvalue weighted by Gasteiger charge is -2.32. The van der Waals surface area contributed by atoms with Crippen LogP contribution in [0.3, 0.4) is 0 Å². The van der Waals surface area contributed by atoms with Gasteiger partial charge in [0.25, 0.3) is 5.91 Å². The topological polar surface area (TPSA) is 56.1 Å². The first-order valence-corrected chi connectivity index (χ1v) is 9.16. The highest BCUT2D eigenvalue weighted by Crippen LogP contribution is 2.38. The number of benzene rings is 2. The van der Waals surface area contributed by atoms with Crippen LogP contribution in [0, 0.1) is 0 Å². The molecule has 2 aromatic rings. The lowest BCUT2D eigenvalue weighted by atomic mass is 9.82. The van der Waals surface area contributed by atoms with Gasteiger partial charge in [0.05, 0.1) is 6.34 Å². The van der Waals surface area contributed by atoms with Crippen LogP contribution in [0.4, 0.5) is 0 Å². The molecule has 3 rings (SSSR count). The predicted octanol–water partition coefficient (Wildman–Crippen LogP) is 3.61. The fraction of sp³-hybridized carbons (Fsp3) is 0.273. The Morgan fingerprint density at radius 3 is 2.37 bits per heavy atom. The first-order valence-electron chi connectivity index (χ1n) is 9.16. The van der Waals surface area contributed by atoms with E-state index in [1.807, 2.05) is 74.5 Å². The molecule has 0 radical (unpaired) electrons. The molecule has 5 heteroatoms. The van der Waals surface area contributed by atoms with Gasteiger partial charge in [0.15, 0.2) is 0 Å². The summed E-state index contributed by atoms with van der Waals surface area (Å²) in [6, 6.07) is 14.7. The van der Waals surface area contributed by atoms with Crippen molar-refractivity contribution in [2.45, 2.75) is 19.4 Å². The summed E-state index contributed by atoms with van der Waals surface area (Å²) in [6.07, 6.45) is 5.72. The van der Waals surface area contributed by atoms with Crippen molar-refractivity contribution in [1.29, 1.82) is 0 Å². The van der Waals surface area contributed by atoms with Crippen LogP contribution in [0.2, 0.25) is 0 Å². The van der Waals surface area contributed by atoms with Gasteiger partial charge in [0.1, 0.15) is 11.3 Å². The maximum atomic E-state index is 12.6. The molecular formula is C22H25N3O2. The third kappa shape index (κ3) is 3.58. The van der Waals surface area contributed by atoms with Crippen LogP contribution in [-0.4, -0.2) is 47.3 Å². The molecular weight excluding hydrogens is 338 g/mol. The molecule has 0 fully saturated rings. The number of phenols is 1. The first kappa shape index (κ1) is 18.7. The molecule has 1 unspecified atom stereocenters. The molecule has 0 saturated carbocycles. The SMILES string of the molecule is CCN(CC)C(=O)c1ccc(C2(c3cccc(O)c3)C=CN(C)C=N2)cc1. The summed E-state index contributed by atoms with van der Waals surface area (Å²) in [6.45, 7) is 5.32. The Kier molecular flexibility index (Phi) is 5.31. The van der Waals surface area contributed by atoms with Crippen molar-refractivity contribution in [1.82, 2.24) is 9.80 Å². The number of carbonyl (C=O) groups excluding carboxylic acids is 1. The van der Waals surface area contributed by atoms with Gasteiger partial charge in [-0.1, -0.05) is 24.3 Å². The van der Waals surface area contributed by atoms with Crippen molar-refractivity contribution in [3.63, 3.8) is 0 Å². The Bertz CT molecular complexity index is 853. The summed E-state index contributed by atoms with van der Waals surface area (Å²) in [5.74, 6) is 0.225. The van der Waals surface area contributed by atoms with E-state index in [9.17, 15) is 9.90 Å². The maximum Gasteiger partial charge on any atom is 0.253 e. The van der Waals surface area contributed by atoms with Crippen molar-refractivity contribution >= 4 is 12.2 Å². The average Bonchev–Trinajstić information content (AvgIpc) is 2.70. The maximum absolute atomic E-state index is 12.6. The summed E-state index contributed by atoms with van der Waals surface area (Å²) in [4.78, 5) is 21.0. The molecule has 0 aromatic heterocycles. The summed E-state index contributed by atoms with van der Waals surface area (Å²) in [7, 11) is 1.91. The van der Waals surface area contributed by atoms with E-state index in [2.05, 4.69) is 0 Å². The largest absolute Gasteiger partial charge is 0.508 e. The van der Waals surface area contributed by atoms with Gasteiger partial charge in [0.2, 0.25) is 0 Å². The molecule has 0 spiro atoms. The highest BCUT2D eigenvalue weighted by atomic mass is 16.3. The molecule has 27 heavy (non-hydrogen) atoms. The van der Waals surface area contributed by atoms with Gasteiger partial charge in [-0.05, 0) is 55.3 Å². The van der Waals surface area contributed by atoms with Gasteiger partial charge in [-0.3, -0.25) is 9.79 Å². The molecule has 1 aliphatic heterocycles. The van der Waals surface area contributed by atoms with E-state index < -0.39 is 5.54 Å². The molecule has 0 bridgehead atoms. The number of amides is 1. The van der Waals surface area contributed by atoms with Crippen LogP contribution < -0.4 is 0 Å². The van der Waals surface area contributed by atoms with Crippen LogP contribution in [0.15, 0.2) is 65.8 Å². The number of carbonyl (C=O) groups is 1. The lowest BCUT2D eigenvalue weighted by molar-refractivity contribution is 0.0773. The van der Waals surface area contributed by atoms with E-state index in [0.29, 0.717) is 18.7 Å². The normalized spacial score (nSPS) is 18.6. The average molecular weight is 363 g/mol. The van der Waals surface area contributed by atoms with Crippen LogP contribution in [-0.2, 0) is 5.54 Å². The third-order valence-corrected chi connectivity index (χ3v) is 4.90. The number of nitrogens with zero attached hydrogens (tertiary/aromatic N) is 3. The van der Waals surface area contributed by atoms with Gasteiger partial charge in [0, 0.05) is 31.9 Å². The van der Waals surface area contributed by atoms with Gasteiger partial charge in [-0.25, -0.2) is 0 Å². The van der Waals surface area contributed by atoms with Gasteiger partial charge in [-0.2, -0.15) is 0 Å². The van der Waals surface area contributed by atoms with E-state index >= 15 is 0 Å². The summed E-state index contributed by atoms with van der Waals surface area (Å²) < 4.78 is 0. The molecule has 5 nitrogen and oxygen atoms in total. The standard InChI is InChI=1S/C22H25N3O2/c1-4-25(5-2)21(27)17-9-11-18(12-10-17)22(13-14-24(3)16-23-22)19-7-6-8-20(26)15-19/h6-16,26H,4-5H2,1-3H3. The molecule has 1 atom stereocenters. The highest BCUT2D eigenvalue weighted by molar-refractivity contribution is 5.94. The Morgan fingerprint density at radius 1 is 1.11 bits per heavy atom. The zero-order valence-electron chi connectivity index (χ0n) is 16.0. The van der Waals surface area contributed by atoms with Crippen LogP contribution in [0.5, 0.6) is 5.75 Å². The second-order valence-corrected chi connectivity index (χ2v) is 6.60. The second-order valence-electron chi connectivity index (χ2n) is 6.60. The number of rotatable bonds is 5. The highest BCUT2D eigenvalue weighted by Gasteiger charge is 2.33. The van der Waals surface area contributed by atoms with E-state index in [4.69, 9.17) is 4.99 Å². The third-order valence-electron chi connectivity index (χ3n) is 4.90. The Balaban J connectivity index is 2.03. The predicted molar refractivity (Wildman–Crippen MR) is 108 cm³/mol. The molecule has 2 aromatic carbocycles. The minimum atomic E-state index is -0.734. The van der Waals surface area contributed by atoms with Crippen LogP contribution in [0.1, 0.15) is 35.3 Å². The molecule has 140 valence electrons. The quantitative estimate of drug-likeness (QED) is 0.883. The molecule has 1 heterocycles.